The first-order valence-electron chi connectivity index (χ1n) is 7.21. The Hall–Kier alpha value is -1.22. The number of benzene rings is 1. The molecular weight excluding hydrogens is 238 g/mol. The molecule has 0 saturated heterocycles. The minimum atomic E-state index is 0.580. The van der Waals surface area contributed by atoms with Crippen molar-refractivity contribution in [2.24, 2.45) is 5.92 Å². The average molecular weight is 265 g/mol. The lowest BCUT2D eigenvalue weighted by Crippen LogP contribution is -2.12. The van der Waals surface area contributed by atoms with Gasteiger partial charge in [0.2, 0.25) is 0 Å². The fourth-order valence-corrected chi connectivity index (χ4v) is 2.02. The quantitative estimate of drug-likeness (QED) is 0.739. The Labute approximate surface area is 117 Å². The van der Waals surface area contributed by atoms with E-state index in [1.54, 1.807) is 7.11 Å². The number of hydrogen-bond acceptors (Lipinski definition) is 3. The standard InChI is InChI=1S/C16H27NO2/c1-5-7-13(3)12-19-15-9-8-14(11-17-6-2)10-16(15)18-4/h8-10,13,17H,5-7,11-12H2,1-4H3. The minimum absolute atomic E-state index is 0.580. The lowest BCUT2D eigenvalue weighted by Gasteiger charge is -2.15. The molecule has 1 rings (SSSR count). The maximum atomic E-state index is 5.86. The number of rotatable bonds is 9. The molecule has 3 heteroatoms. The molecule has 0 heterocycles. The molecule has 0 saturated carbocycles. The molecule has 0 fully saturated rings. The fourth-order valence-electron chi connectivity index (χ4n) is 2.02. The van der Waals surface area contributed by atoms with Crippen molar-refractivity contribution in [3.63, 3.8) is 0 Å². The first-order valence-corrected chi connectivity index (χ1v) is 7.21. The molecular formula is C16H27NO2. The maximum Gasteiger partial charge on any atom is 0.161 e. The van der Waals surface area contributed by atoms with Crippen LogP contribution in [0.15, 0.2) is 18.2 Å². The lowest BCUT2D eigenvalue weighted by molar-refractivity contribution is 0.240. The molecule has 1 aromatic rings. The highest BCUT2D eigenvalue weighted by atomic mass is 16.5. The van der Waals surface area contributed by atoms with Gasteiger partial charge in [-0.3, -0.25) is 0 Å². The van der Waals surface area contributed by atoms with E-state index in [4.69, 9.17) is 9.47 Å². The molecule has 19 heavy (non-hydrogen) atoms. The second-order valence-corrected chi connectivity index (χ2v) is 4.97. The first-order chi connectivity index (χ1) is 9.21. The van der Waals surface area contributed by atoms with Crippen molar-refractivity contribution < 1.29 is 9.47 Å². The largest absolute Gasteiger partial charge is 0.493 e. The predicted molar refractivity (Wildman–Crippen MR) is 79.9 cm³/mol. The molecule has 1 N–H and O–H groups in total. The summed E-state index contributed by atoms with van der Waals surface area (Å²) < 4.78 is 11.3. The third-order valence-corrected chi connectivity index (χ3v) is 3.11. The van der Waals surface area contributed by atoms with Gasteiger partial charge in [-0.25, -0.2) is 0 Å². The van der Waals surface area contributed by atoms with Crippen LogP contribution < -0.4 is 14.8 Å². The van der Waals surface area contributed by atoms with E-state index in [9.17, 15) is 0 Å². The van der Waals surface area contributed by atoms with Crippen LogP contribution in [0, 0.1) is 5.92 Å². The number of ether oxygens (including phenoxy) is 2. The van der Waals surface area contributed by atoms with Crippen LogP contribution in [0.3, 0.4) is 0 Å². The highest BCUT2D eigenvalue weighted by Crippen LogP contribution is 2.28. The maximum absolute atomic E-state index is 5.86. The Bertz CT molecular complexity index is 366. The van der Waals surface area contributed by atoms with E-state index >= 15 is 0 Å². The van der Waals surface area contributed by atoms with E-state index in [2.05, 4.69) is 32.2 Å². The van der Waals surface area contributed by atoms with Crippen molar-refractivity contribution in [2.45, 2.75) is 40.2 Å². The summed E-state index contributed by atoms with van der Waals surface area (Å²) in [5.74, 6) is 2.24. The van der Waals surface area contributed by atoms with E-state index in [0.717, 1.165) is 31.2 Å². The van der Waals surface area contributed by atoms with E-state index in [-0.39, 0.29) is 0 Å². The smallest absolute Gasteiger partial charge is 0.161 e. The molecule has 108 valence electrons. The topological polar surface area (TPSA) is 30.5 Å². The third kappa shape index (κ3) is 5.52. The van der Waals surface area contributed by atoms with Crippen LogP contribution in [-0.2, 0) is 6.54 Å². The van der Waals surface area contributed by atoms with Crippen LogP contribution in [0.2, 0.25) is 0 Å². The lowest BCUT2D eigenvalue weighted by atomic mass is 10.1. The Morgan fingerprint density at radius 2 is 2.00 bits per heavy atom. The molecule has 0 aliphatic rings. The van der Waals surface area contributed by atoms with Gasteiger partial charge in [0, 0.05) is 6.54 Å². The number of hydrogen-bond donors (Lipinski definition) is 1. The molecule has 1 atom stereocenters. The second-order valence-electron chi connectivity index (χ2n) is 4.97. The first kappa shape index (κ1) is 15.8. The van der Waals surface area contributed by atoms with E-state index < -0.39 is 0 Å². The Kier molecular flexibility index (Phi) is 7.34. The van der Waals surface area contributed by atoms with Crippen molar-refractivity contribution in [1.29, 1.82) is 0 Å². The summed E-state index contributed by atoms with van der Waals surface area (Å²) in [5, 5.41) is 3.31. The summed E-state index contributed by atoms with van der Waals surface area (Å²) in [6.45, 7) is 9.09. The zero-order valence-corrected chi connectivity index (χ0v) is 12.7. The zero-order valence-electron chi connectivity index (χ0n) is 12.7. The molecule has 0 aliphatic carbocycles. The van der Waals surface area contributed by atoms with Crippen LogP contribution in [-0.4, -0.2) is 20.3 Å². The fraction of sp³-hybridized carbons (Fsp3) is 0.625. The Balaban J connectivity index is 2.62. The highest BCUT2D eigenvalue weighted by Gasteiger charge is 2.08. The summed E-state index contributed by atoms with van der Waals surface area (Å²) in [4.78, 5) is 0. The molecule has 0 aliphatic heterocycles. The van der Waals surface area contributed by atoms with Gasteiger partial charge in [0.25, 0.3) is 0 Å². The monoisotopic (exact) mass is 265 g/mol. The van der Waals surface area contributed by atoms with Crippen molar-refractivity contribution in [1.82, 2.24) is 5.32 Å². The predicted octanol–water partition coefficient (Wildman–Crippen LogP) is 3.62. The Morgan fingerprint density at radius 1 is 1.21 bits per heavy atom. The van der Waals surface area contributed by atoms with Gasteiger partial charge in [0.1, 0.15) is 0 Å². The summed E-state index contributed by atoms with van der Waals surface area (Å²) in [7, 11) is 1.69. The zero-order chi connectivity index (χ0) is 14.1. The van der Waals surface area contributed by atoms with Crippen molar-refractivity contribution in [3.05, 3.63) is 23.8 Å². The summed E-state index contributed by atoms with van der Waals surface area (Å²) in [5.41, 5.74) is 1.22. The van der Waals surface area contributed by atoms with Gasteiger partial charge in [-0.1, -0.05) is 33.3 Å². The molecule has 0 bridgehead atoms. The van der Waals surface area contributed by atoms with Crippen molar-refractivity contribution in [2.75, 3.05) is 20.3 Å². The van der Waals surface area contributed by atoms with Gasteiger partial charge in [0.15, 0.2) is 11.5 Å². The molecule has 0 radical (unpaired) electrons. The van der Waals surface area contributed by atoms with Gasteiger partial charge < -0.3 is 14.8 Å². The van der Waals surface area contributed by atoms with Gasteiger partial charge in [-0.05, 0) is 36.6 Å². The molecule has 3 nitrogen and oxygen atoms in total. The van der Waals surface area contributed by atoms with Crippen LogP contribution in [0.4, 0.5) is 0 Å². The molecule has 0 amide bonds. The SMILES string of the molecule is CCCC(C)COc1ccc(CNCC)cc1OC. The van der Waals surface area contributed by atoms with E-state index in [1.165, 1.54) is 18.4 Å². The van der Waals surface area contributed by atoms with Crippen LogP contribution >= 0.6 is 0 Å². The van der Waals surface area contributed by atoms with Crippen LogP contribution in [0.25, 0.3) is 0 Å². The average Bonchev–Trinajstić information content (AvgIpc) is 2.43. The minimum Gasteiger partial charge on any atom is -0.493 e. The van der Waals surface area contributed by atoms with E-state index in [0.29, 0.717) is 5.92 Å². The summed E-state index contributed by atoms with van der Waals surface area (Å²) >= 11 is 0. The number of nitrogens with one attached hydrogen (secondary N) is 1. The summed E-state index contributed by atoms with van der Waals surface area (Å²) in [6.07, 6.45) is 2.39. The van der Waals surface area contributed by atoms with Gasteiger partial charge in [-0.2, -0.15) is 0 Å². The summed E-state index contributed by atoms with van der Waals surface area (Å²) in [6, 6.07) is 6.14. The molecule has 0 spiro atoms. The highest BCUT2D eigenvalue weighted by molar-refractivity contribution is 5.42. The second kappa shape index (κ2) is 8.81. The van der Waals surface area contributed by atoms with E-state index in [1.807, 2.05) is 12.1 Å². The third-order valence-electron chi connectivity index (χ3n) is 3.11. The molecule has 1 aromatic carbocycles. The Morgan fingerprint density at radius 3 is 2.63 bits per heavy atom. The van der Waals surface area contributed by atoms with Gasteiger partial charge >= 0.3 is 0 Å². The van der Waals surface area contributed by atoms with Crippen LogP contribution in [0.1, 0.15) is 39.2 Å². The number of methoxy groups -OCH3 is 1. The van der Waals surface area contributed by atoms with Gasteiger partial charge in [0.05, 0.1) is 13.7 Å². The van der Waals surface area contributed by atoms with Gasteiger partial charge in [-0.15, -0.1) is 0 Å². The molecule has 1 unspecified atom stereocenters. The normalized spacial score (nSPS) is 12.2. The van der Waals surface area contributed by atoms with Crippen LogP contribution in [0.5, 0.6) is 11.5 Å². The van der Waals surface area contributed by atoms with Crippen molar-refractivity contribution in [3.8, 4) is 11.5 Å². The molecule has 0 aromatic heterocycles. The van der Waals surface area contributed by atoms with Crippen molar-refractivity contribution >= 4 is 0 Å².